The SMILES string of the molecule is CC.CC.CC(=N)OC(=N)c1ccc2nc(-c3cccnc3N)n(-c3ccc(CN4CCC(Nc5ccnc(C#N)n5)CC4)cc3)c2n1. The first-order chi connectivity index (χ1) is 23.4. The van der Waals surface area contributed by atoms with Crippen molar-refractivity contribution in [3.05, 3.63) is 84.1 Å². The summed E-state index contributed by atoms with van der Waals surface area (Å²) >= 11 is 0. The number of anilines is 2. The normalized spacial score (nSPS) is 12.9. The minimum absolute atomic E-state index is 0.0924. The van der Waals surface area contributed by atoms with Crippen LogP contribution in [0.1, 0.15) is 64.5 Å². The topological polar surface area (TPSA) is 191 Å². The van der Waals surface area contributed by atoms with Crippen molar-refractivity contribution in [3.63, 3.8) is 0 Å². The smallest absolute Gasteiger partial charge is 0.239 e. The Morgan fingerprint density at radius 1 is 0.958 bits per heavy atom. The Morgan fingerprint density at radius 3 is 2.35 bits per heavy atom. The Balaban J connectivity index is 0.00000125. The van der Waals surface area contributed by atoms with Crippen molar-refractivity contribution in [1.82, 2.24) is 34.4 Å². The number of nitriles is 1. The monoisotopic (exact) mass is 646 g/mol. The predicted octanol–water partition coefficient (Wildman–Crippen LogP) is 6.19. The highest BCUT2D eigenvalue weighted by molar-refractivity contribution is 5.98. The van der Waals surface area contributed by atoms with Crippen LogP contribution in [0.3, 0.4) is 0 Å². The maximum Gasteiger partial charge on any atom is 0.239 e. The lowest BCUT2D eigenvalue weighted by Crippen LogP contribution is -2.38. The molecule has 0 saturated carbocycles. The van der Waals surface area contributed by atoms with Crippen LogP contribution in [0.25, 0.3) is 28.2 Å². The summed E-state index contributed by atoms with van der Waals surface area (Å²) in [6, 6.07) is 19.4. The summed E-state index contributed by atoms with van der Waals surface area (Å²) in [5, 5.41) is 28.3. The van der Waals surface area contributed by atoms with Crippen molar-refractivity contribution in [2.45, 2.75) is 60.0 Å². The first-order valence-corrected chi connectivity index (χ1v) is 16.1. The highest BCUT2D eigenvalue weighted by Gasteiger charge is 2.22. The van der Waals surface area contributed by atoms with E-state index in [0.29, 0.717) is 34.2 Å². The summed E-state index contributed by atoms with van der Waals surface area (Å²) in [4.78, 5) is 24.4. The zero-order valence-electron chi connectivity index (χ0n) is 28.0. The van der Waals surface area contributed by atoms with E-state index >= 15 is 0 Å². The third kappa shape index (κ3) is 8.34. The summed E-state index contributed by atoms with van der Waals surface area (Å²) in [7, 11) is 0. The Morgan fingerprint density at radius 2 is 1.69 bits per heavy atom. The van der Waals surface area contributed by atoms with Gasteiger partial charge in [-0.15, -0.1) is 0 Å². The first-order valence-electron chi connectivity index (χ1n) is 16.1. The second-order valence-electron chi connectivity index (χ2n) is 10.5. The average molecular weight is 647 g/mol. The van der Waals surface area contributed by atoms with E-state index in [-0.39, 0.29) is 29.4 Å². The number of pyridine rings is 2. The maximum absolute atomic E-state index is 9.05. The van der Waals surface area contributed by atoms with Crippen LogP contribution in [0, 0.1) is 22.1 Å². The van der Waals surface area contributed by atoms with Crippen LogP contribution in [0.5, 0.6) is 0 Å². The number of benzene rings is 1. The molecule has 1 fully saturated rings. The third-order valence-corrected chi connectivity index (χ3v) is 7.37. The molecule has 0 unspecified atom stereocenters. The molecule has 0 radical (unpaired) electrons. The fraction of sp³-hybridized carbons (Fsp3) is 0.314. The molecular formula is C35H42N12O. The molecule has 0 aliphatic carbocycles. The summed E-state index contributed by atoms with van der Waals surface area (Å²) in [6.07, 6.45) is 5.16. The number of ether oxygens (including phenoxy) is 1. The van der Waals surface area contributed by atoms with Crippen molar-refractivity contribution >= 4 is 34.6 Å². The number of fused-ring (bicyclic) bond motifs is 1. The standard InChI is InChI=1S/C31H30N12O.2C2H6/c1-19(33)44-29(35)24-8-9-25-31(39-24)43(30(40-25)23-3-2-13-37-28(23)34)22-6-4-20(5-7-22)18-42-15-11-21(12-16-42)38-26-10-14-36-27(17-32)41-26;2*1-2/h2-10,13-14,21,33,35H,11-12,15-16,18H2,1H3,(H2,34,37)(H,36,38,41);2*1-2H3. The highest BCUT2D eigenvalue weighted by atomic mass is 16.5. The molecule has 1 aromatic carbocycles. The van der Waals surface area contributed by atoms with Crippen LogP contribution in [0.2, 0.25) is 0 Å². The van der Waals surface area contributed by atoms with Crippen LogP contribution in [-0.2, 0) is 11.3 Å². The Bertz CT molecular complexity index is 1890. The van der Waals surface area contributed by atoms with Gasteiger partial charge in [0.15, 0.2) is 17.4 Å². The molecule has 0 bridgehead atoms. The van der Waals surface area contributed by atoms with Gasteiger partial charge in [0.2, 0.25) is 11.7 Å². The molecule has 48 heavy (non-hydrogen) atoms. The van der Waals surface area contributed by atoms with E-state index in [4.69, 9.17) is 36.5 Å². The van der Waals surface area contributed by atoms with Crippen LogP contribution in [-0.4, -0.2) is 65.3 Å². The number of imidazole rings is 1. The number of nitrogen functional groups attached to an aromatic ring is 1. The van der Waals surface area contributed by atoms with Crippen molar-refractivity contribution in [2.24, 2.45) is 0 Å². The Kier molecular flexibility index (Phi) is 12.2. The molecule has 0 spiro atoms. The molecule has 0 amide bonds. The van der Waals surface area contributed by atoms with E-state index in [9.17, 15) is 0 Å². The maximum atomic E-state index is 9.05. The molecule has 13 heteroatoms. The third-order valence-electron chi connectivity index (χ3n) is 7.37. The van der Waals surface area contributed by atoms with Gasteiger partial charge >= 0.3 is 0 Å². The number of aromatic nitrogens is 6. The number of hydrogen-bond donors (Lipinski definition) is 4. The lowest BCUT2D eigenvalue weighted by molar-refractivity contribution is 0.211. The number of likely N-dealkylation sites (tertiary alicyclic amines) is 1. The van der Waals surface area contributed by atoms with E-state index in [1.54, 1.807) is 30.6 Å². The fourth-order valence-corrected chi connectivity index (χ4v) is 5.27. The summed E-state index contributed by atoms with van der Waals surface area (Å²) < 4.78 is 7.10. The molecule has 5 N–H and O–H groups in total. The molecule has 4 aromatic heterocycles. The summed E-state index contributed by atoms with van der Waals surface area (Å²) in [5.41, 5.74) is 10.4. The van der Waals surface area contributed by atoms with Gasteiger partial charge in [0, 0.05) is 50.7 Å². The molecule has 248 valence electrons. The number of rotatable bonds is 7. The van der Waals surface area contributed by atoms with Gasteiger partial charge in [0.1, 0.15) is 28.9 Å². The van der Waals surface area contributed by atoms with Crippen LogP contribution < -0.4 is 11.1 Å². The van der Waals surface area contributed by atoms with Crippen molar-refractivity contribution in [3.8, 4) is 23.1 Å². The summed E-state index contributed by atoms with van der Waals surface area (Å²) in [6.45, 7) is 12.1. The van der Waals surface area contributed by atoms with Crippen molar-refractivity contribution in [2.75, 3.05) is 24.1 Å². The molecule has 0 atom stereocenters. The first kappa shape index (κ1) is 35.1. The molecular weight excluding hydrogens is 604 g/mol. The highest BCUT2D eigenvalue weighted by Crippen LogP contribution is 2.31. The summed E-state index contributed by atoms with van der Waals surface area (Å²) in [5.74, 6) is 1.47. The van der Waals surface area contributed by atoms with E-state index in [1.165, 1.54) is 12.5 Å². The van der Waals surface area contributed by atoms with Gasteiger partial charge in [-0.1, -0.05) is 39.8 Å². The number of hydrogen-bond acceptors (Lipinski definition) is 12. The largest absolute Gasteiger partial charge is 0.424 e. The van der Waals surface area contributed by atoms with E-state index in [0.717, 1.165) is 38.2 Å². The number of nitrogens with one attached hydrogen (secondary N) is 3. The van der Waals surface area contributed by atoms with Crippen molar-refractivity contribution in [1.29, 1.82) is 16.1 Å². The van der Waals surface area contributed by atoms with Crippen LogP contribution in [0.4, 0.5) is 11.6 Å². The van der Waals surface area contributed by atoms with Gasteiger partial charge < -0.3 is 15.8 Å². The minimum Gasteiger partial charge on any atom is -0.424 e. The van der Waals surface area contributed by atoms with Gasteiger partial charge in [-0.05, 0) is 60.9 Å². The number of piperidine rings is 1. The van der Waals surface area contributed by atoms with Gasteiger partial charge in [0.05, 0.1) is 5.56 Å². The molecule has 1 saturated heterocycles. The van der Waals surface area contributed by atoms with Crippen LogP contribution in [0.15, 0.2) is 67.0 Å². The number of nitrogens with two attached hydrogens (primary N) is 1. The van der Waals surface area contributed by atoms with E-state index < -0.39 is 0 Å². The zero-order valence-corrected chi connectivity index (χ0v) is 28.0. The van der Waals surface area contributed by atoms with Gasteiger partial charge in [0.25, 0.3) is 0 Å². The molecule has 5 aromatic rings. The lowest BCUT2D eigenvalue weighted by Gasteiger charge is -2.32. The van der Waals surface area contributed by atoms with Gasteiger partial charge in [-0.3, -0.25) is 20.3 Å². The van der Waals surface area contributed by atoms with Gasteiger partial charge in [-0.2, -0.15) is 5.26 Å². The second-order valence-corrected chi connectivity index (χ2v) is 10.5. The van der Waals surface area contributed by atoms with Crippen molar-refractivity contribution < 1.29 is 4.74 Å². The van der Waals surface area contributed by atoms with E-state index in [1.807, 2.05) is 62.6 Å². The second kappa shape index (κ2) is 16.7. The van der Waals surface area contributed by atoms with E-state index in [2.05, 4.69) is 37.3 Å². The van der Waals surface area contributed by atoms with Gasteiger partial charge in [-0.25, -0.2) is 24.9 Å². The predicted molar refractivity (Wildman–Crippen MR) is 189 cm³/mol. The number of nitrogens with zero attached hydrogens (tertiary/aromatic N) is 8. The molecule has 1 aliphatic rings. The zero-order chi connectivity index (χ0) is 34.6. The Labute approximate surface area is 280 Å². The molecule has 5 heterocycles. The fourth-order valence-electron chi connectivity index (χ4n) is 5.27. The quantitative estimate of drug-likeness (QED) is 0.117. The molecule has 6 rings (SSSR count). The lowest BCUT2D eigenvalue weighted by atomic mass is 10.0. The molecule has 13 nitrogen and oxygen atoms in total. The minimum atomic E-state index is -0.215. The van der Waals surface area contributed by atoms with Crippen LogP contribution >= 0.6 is 0 Å². The Hall–Kier alpha value is -5.74. The average Bonchev–Trinajstić information content (AvgIpc) is 3.50. The molecule has 1 aliphatic heterocycles.